The summed E-state index contributed by atoms with van der Waals surface area (Å²) < 4.78 is 11.0. The molecule has 0 heterocycles. The molecule has 4 heteroatoms. The Labute approximate surface area is 159 Å². The van der Waals surface area contributed by atoms with Crippen molar-refractivity contribution in [3.05, 3.63) is 11.6 Å². The van der Waals surface area contributed by atoms with Crippen LogP contribution in [0.3, 0.4) is 0 Å². The monoisotopic (exact) mass is 366 g/mol. The Morgan fingerprint density at radius 3 is 2.00 bits per heavy atom. The van der Waals surface area contributed by atoms with Crippen LogP contribution in [-0.4, -0.2) is 25.2 Å². The lowest BCUT2D eigenvalue weighted by molar-refractivity contribution is -0.163. The summed E-state index contributed by atoms with van der Waals surface area (Å²) in [5.74, 6) is -1.30. The number of rotatable bonds is 12. The van der Waals surface area contributed by atoms with E-state index in [1.807, 2.05) is 13.8 Å². The topological polar surface area (TPSA) is 52.6 Å². The minimum Gasteiger partial charge on any atom is -0.465 e. The standard InChI is InChI=1S/C22H38O4/c1-5-7-9-11-15-25-21(23)19-14-13-17(3)18(4)20(19)22(24)26-16-12-10-8-6-2/h13,18-20H,5-12,14-16H2,1-4H3. The van der Waals surface area contributed by atoms with Gasteiger partial charge in [-0.3, -0.25) is 9.59 Å². The van der Waals surface area contributed by atoms with E-state index in [9.17, 15) is 9.59 Å². The predicted octanol–water partition coefficient (Wildman–Crippen LogP) is 5.45. The van der Waals surface area contributed by atoms with Gasteiger partial charge in [-0.05, 0) is 32.1 Å². The van der Waals surface area contributed by atoms with Gasteiger partial charge in [0.2, 0.25) is 0 Å². The van der Waals surface area contributed by atoms with Crippen molar-refractivity contribution in [3.63, 3.8) is 0 Å². The molecule has 0 saturated heterocycles. The van der Waals surface area contributed by atoms with Crippen LogP contribution in [0.15, 0.2) is 11.6 Å². The minimum absolute atomic E-state index is 0.0181. The predicted molar refractivity (Wildman–Crippen MR) is 105 cm³/mol. The molecule has 0 bridgehead atoms. The number of ether oxygens (including phenoxy) is 2. The fourth-order valence-corrected chi connectivity index (χ4v) is 3.49. The summed E-state index contributed by atoms with van der Waals surface area (Å²) in [7, 11) is 0. The Morgan fingerprint density at radius 2 is 1.46 bits per heavy atom. The molecular formula is C22H38O4. The SMILES string of the molecule is CCCCCCOC(=O)C1CC=C(C)C(C)C1C(=O)OCCCCCC. The first-order valence-corrected chi connectivity index (χ1v) is 10.5. The minimum atomic E-state index is -0.422. The molecule has 0 spiro atoms. The fraction of sp³-hybridized carbons (Fsp3) is 0.818. The molecule has 0 N–H and O–H groups in total. The van der Waals surface area contributed by atoms with Crippen molar-refractivity contribution in [2.45, 2.75) is 85.5 Å². The summed E-state index contributed by atoms with van der Waals surface area (Å²) in [6, 6.07) is 0. The highest BCUT2D eigenvalue weighted by Gasteiger charge is 2.42. The van der Waals surface area contributed by atoms with Crippen LogP contribution in [-0.2, 0) is 19.1 Å². The number of carbonyl (C=O) groups excluding carboxylic acids is 2. The number of allylic oxidation sites excluding steroid dienone is 2. The normalized spacial score (nSPS) is 22.6. The van der Waals surface area contributed by atoms with Gasteiger partial charge < -0.3 is 9.47 Å². The highest BCUT2D eigenvalue weighted by atomic mass is 16.5. The summed E-state index contributed by atoms with van der Waals surface area (Å²) >= 11 is 0. The van der Waals surface area contributed by atoms with E-state index in [2.05, 4.69) is 19.9 Å². The molecule has 0 aromatic heterocycles. The molecule has 0 fully saturated rings. The third-order valence-electron chi connectivity index (χ3n) is 5.44. The lowest BCUT2D eigenvalue weighted by Crippen LogP contribution is -2.39. The van der Waals surface area contributed by atoms with Crippen molar-refractivity contribution in [3.8, 4) is 0 Å². The van der Waals surface area contributed by atoms with E-state index < -0.39 is 11.8 Å². The molecule has 3 unspecified atom stereocenters. The Morgan fingerprint density at radius 1 is 0.923 bits per heavy atom. The van der Waals surface area contributed by atoms with Crippen molar-refractivity contribution in [2.24, 2.45) is 17.8 Å². The van der Waals surface area contributed by atoms with Crippen molar-refractivity contribution in [1.29, 1.82) is 0 Å². The van der Waals surface area contributed by atoms with Gasteiger partial charge in [0.25, 0.3) is 0 Å². The van der Waals surface area contributed by atoms with Crippen LogP contribution in [0.1, 0.15) is 85.5 Å². The molecular weight excluding hydrogens is 328 g/mol. The van der Waals surface area contributed by atoms with Gasteiger partial charge in [-0.1, -0.05) is 70.9 Å². The van der Waals surface area contributed by atoms with Crippen LogP contribution < -0.4 is 0 Å². The molecule has 0 aliphatic heterocycles. The van der Waals surface area contributed by atoms with E-state index >= 15 is 0 Å². The lowest BCUT2D eigenvalue weighted by atomic mass is 9.73. The van der Waals surface area contributed by atoms with Gasteiger partial charge in [-0.15, -0.1) is 0 Å². The number of esters is 2. The van der Waals surface area contributed by atoms with Crippen LogP contribution in [0.2, 0.25) is 0 Å². The maximum atomic E-state index is 12.7. The summed E-state index contributed by atoms with van der Waals surface area (Å²) in [6.45, 7) is 9.24. The van der Waals surface area contributed by atoms with E-state index in [1.165, 1.54) is 0 Å². The number of hydrogen-bond donors (Lipinski definition) is 0. The average molecular weight is 367 g/mol. The summed E-state index contributed by atoms with van der Waals surface area (Å²) in [4.78, 5) is 25.2. The summed E-state index contributed by atoms with van der Waals surface area (Å²) in [6.07, 6.45) is 11.2. The first-order valence-electron chi connectivity index (χ1n) is 10.5. The second-order valence-electron chi connectivity index (χ2n) is 7.56. The molecule has 3 atom stereocenters. The van der Waals surface area contributed by atoms with E-state index in [-0.39, 0.29) is 17.9 Å². The molecule has 1 aliphatic rings. The van der Waals surface area contributed by atoms with E-state index in [0.717, 1.165) is 56.9 Å². The van der Waals surface area contributed by atoms with Gasteiger partial charge in [0.05, 0.1) is 25.0 Å². The molecule has 1 aliphatic carbocycles. The van der Waals surface area contributed by atoms with E-state index in [0.29, 0.717) is 19.6 Å². The first-order chi connectivity index (χ1) is 12.5. The van der Waals surface area contributed by atoms with E-state index in [1.54, 1.807) is 0 Å². The molecule has 0 aromatic rings. The average Bonchev–Trinajstić information content (AvgIpc) is 2.63. The number of hydrogen-bond acceptors (Lipinski definition) is 4. The fourth-order valence-electron chi connectivity index (χ4n) is 3.49. The van der Waals surface area contributed by atoms with Gasteiger partial charge in [0.1, 0.15) is 0 Å². The maximum Gasteiger partial charge on any atom is 0.310 e. The van der Waals surface area contributed by atoms with Crippen LogP contribution in [0, 0.1) is 17.8 Å². The van der Waals surface area contributed by atoms with Gasteiger partial charge in [-0.2, -0.15) is 0 Å². The molecule has 0 saturated carbocycles. The Balaban J connectivity index is 2.57. The van der Waals surface area contributed by atoms with Crippen molar-refractivity contribution in [2.75, 3.05) is 13.2 Å². The Kier molecular flexibility index (Phi) is 11.3. The molecule has 0 radical (unpaired) electrons. The lowest BCUT2D eigenvalue weighted by Gasteiger charge is -2.32. The molecule has 0 aromatic carbocycles. The quantitative estimate of drug-likeness (QED) is 0.262. The van der Waals surface area contributed by atoms with Crippen LogP contribution in [0.5, 0.6) is 0 Å². The number of unbranched alkanes of at least 4 members (excludes halogenated alkanes) is 6. The van der Waals surface area contributed by atoms with Gasteiger partial charge in [0.15, 0.2) is 0 Å². The Hall–Kier alpha value is -1.32. The van der Waals surface area contributed by atoms with Gasteiger partial charge in [0, 0.05) is 0 Å². The van der Waals surface area contributed by atoms with Crippen molar-refractivity contribution in [1.82, 2.24) is 0 Å². The van der Waals surface area contributed by atoms with Crippen LogP contribution in [0.4, 0.5) is 0 Å². The third-order valence-corrected chi connectivity index (χ3v) is 5.44. The zero-order chi connectivity index (χ0) is 19.4. The summed E-state index contributed by atoms with van der Waals surface area (Å²) in [5.41, 5.74) is 1.16. The molecule has 4 nitrogen and oxygen atoms in total. The summed E-state index contributed by atoms with van der Waals surface area (Å²) in [5, 5.41) is 0. The number of carbonyl (C=O) groups is 2. The zero-order valence-electron chi connectivity index (χ0n) is 17.2. The van der Waals surface area contributed by atoms with Crippen LogP contribution >= 0.6 is 0 Å². The second-order valence-corrected chi connectivity index (χ2v) is 7.56. The molecule has 1 rings (SSSR count). The van der Waals surface area contributed by atoms with Gasteiger partial charge >= 0.3 is 11.9 Å². The van der Waals surface area contributed by atoms with Gasteiger partial charge in [-0.25, -0.2) is 0 Å². The molecule has 0 amide bonds. The van der Waals surface area contributed by atoms with Crippen LogP contribution in [0.25, 0.3) is 0 Å². The maximum absolute atomic E-state index is 12.7. The highest BCUT2D eigenvalue weighted by molar-refractivity contribution is 5.83. The van der Waals surface area contributed by atoms with Crippen molar-refractivity contribution >= 4 is 11.9 Å². The highest BCUT2D eigenvalue weighted by Crippen LogP contribution is 2.36. The molecule has 150 valence electrons. The zero-order valence-corrected chi connectivity index (χ0v) is 17.2. The Bertz CT molecular complexity index is 455. The third kappa shape index (κ3) is 7.51. The molecule has 26 heavy (non-hydrogen) atoms. The first kappa shape index (κ1) is 22.7. The van der Waals surface area contributed by atoms with Crippen molar-refractivity contribution < 1.29 is 19.1 Å². The largest absolute Gasteiger partial charge is 0.465 e. The van der Waals surface area contributed by atoms with E-state index in [4.69, 9.17) is 9.47 Å². The smallest absolute Gasteiger partial charge is 0.310 e. The second kappa shape index (κ2) is 12.9.